The van der Waals surface area contributed by atoms with Gasteiger partial charge in [-0.15, -0.1) is 0 Å². The molecule has 0 aromatic carbocycles. The van der Waals surface area contributed by atoms with E-state index in [1.165, 1.54) is 0 Å². The van der Waals surface area contributed by atoms with Crippen molar-refractivity contribution >= 4 is 44.4 Å². The normalized spacial score (nSPS) is 10.5. The Kier molecular flexibility index (Phi) is 6.75. The average Bonchev–Trinajstić information content (AvgIpc) is 1.96. The Bertz CT molecular complexity index is 195. The van der Waals surface area contributed by atoms with E-state index >= 15 is 0 Å². The maximum absolute atomic E-state index is 11.6. The standard InChI is InChI=1S/C5H6F4OSe2/c6-11(7)3-1-5(10)2-4-12(8)9/h3-4H,1-2H2. The third kappa shape index (κ3) is 8.27. The second-order valence-electron chi connectivity index (χ2n) is 1.75. The van der Waals surface area contributed by atoms with Gasteiger partial charge in [-0.1, -0.05) is 0 Å². The van der Waals surface area contributed by atoms with Gasteiger partial charge in [0.15, 0.2) is 0 Å². The summed E-state index contributed by atoms with van der Waals surface area (Å²) in [6.07, 6.45) is -0.764. The van der Waals surface area contributed by atoms with E-state index in [4.69, 9.17) is 0 Å². The third-order valence-corrected chi connectivity index (χ3v) is 2.63. The Morgan fingerprint density at radius 3 is 1.58 bits per heavy atom. The summed E-state index contributed by atoms with van der Waals surface area (Å²) in [5.41, 5.74) is 0. The number of halogens is 4. The first-order valence-corrected chi connectivity index (χ1v) is 7.38. The van der Waals surface area contributed by atoms with Crippen molar-refractivity contribution in [3.8, 4) is 0 Å². The predicted molar refractivity (Wildman–Crippen MR) is 42.3 cm³/mol. The molecule has 0 saturated carbocycles. The van der Waals surface area contributed by atoms with Gasteiger partial charge in [-0.3, -0.25) is 0 Å². The summed E-state index contributed by atoms with van der Waals surface area (Å²) in [5.74, 6) is -0.567. The summed E-state index contributed by atoms with van der Waals surface area (Å²) in [4.78, 5) is 11.8. The monoisotopic (exact) mass is 318 g/mol. The predicted octanol–water partition coefficient (Wildman–Crippen LogP) is 0.958. The van der Waals surface area contributed by atoms with Crippen LogP contribution < -0.4 is 0 Å². The van der Waals surface area contributed by atoms with Crippen LogP contribution in [0.5, 0.6) is 0 Å². The zero-order chi connectivity index (χ0) is 9.56. The fourth-order valence-corrected chi connectivity index (χ4v) is 1.70. The Labute approximate surface area is 76.5 Å². The SMILES string of the molecule is O=C(CC=[Se](F)F)CC=[Se](F)F. The number of Topliss-reactive ketones (excluding diaryl/α,β-unsaturated/α-hetero) is 1. The van der Waals surface area contributed by atoms with Crippen LogP contribution in [0.1, 0.15) is 12.8 Å². The maximum atomic E-state index is 11.6. The second-order valence-corrected chi connectivity index (χ2v) is 5.14. The summed E-state index contributed by atoms with van der Waals surface area (Å²) in [6.45, 7) is 0. The zero-order valence-electron chi connectivity index (χ0n) is 5.81. The summed E-state index contributed by atoms with van der Waals surface area (Å²) in [6, 6.07) is 0. The molecular weight excluding hydrogens is 310 g/mol. The molecule has 0 N–H and O–H groups in total. The Morgan fingerprint density at radius 1 is 1.00 bits per heavy atom. The average molecular weight is 316 g/mol. The van der Waals surface area contributed by atoms with Crippen LogP contribution in [-0.2, 0) is 4.79 Å². The van der Waals surface area contributed by atoms with Crippen LogP contribution in [0.3, 0.4) is 0 Å². The van der Waals surface area contributed by atoms with Crippen LogP contribution in [0.25, 0.3) is 0 Å². The van der Waals surface area contributed by atoms with Crippen molar-refractivity contribution in [2.24, 2.45) is 0 Å². The number of carbonyl (C=O) groups is 1. The molecule has 0 radical (unpaired) electrons. The van der Waals surface area contributed by atoms with Gasteiger partial charge in [0.2, 0.25) is 0 Å². The van der Waals surface area contributed by atoms with Gasteiger partial charge in [0, 0.05) is 0 Å². The first-order chi connectivity index (χ1) is 5.52. The molecule has 0 saturated heterocycles. The Balaban J connectivity index is 3.76. The van der Waals surface area contributed by atoms with Gasteiger partial charge < -0.3 is 0 Å². The van der Waals surface area contributed by atoms with Crippen molar-refractivity contribution in [3.05, 3.63) is 0 Å². The first-order valence-electron chi connectivity index (χ1n) is 2.82. The van der Waals surface area contributed by atoms with E-state index in [-0.39, 0.29) is 12.8 Å². The quantitative estimate of drug-likeness (QED) is 0.558. The first kappa shape index (κ1) is 12.2. The van der Waals surface area contributed by atoms with E-state index in [9.17, 15) is 19.0 Å². The molecule has 0 aliphatic heterocycles. The molecule has 0 heterocycles. The zero-order valence-corrected chi connectivity index (χ0v) is 9.23. The number of ketones is 1. The van der Waals surface area contributed by atoms with Gasteiger partial charge in [-0.2, -0.15) is 0 Å². The molecule has 0 fully saturated rings. The fourth-order valence-electron chi connectivity index (χ4n) is 0.395. The van der Waals surface area contributed by atoms with E-state index in [1.807, 2.05) is 0 Å². The van der Waals surface area contributed by atoms with Crippen LogP contribution in [0.2, 0.25) is 0 Å². The topological polar surface area (TPSA) is 17.1 Å². The van der Waals surface area contributed by atoms with Crippen LogP contribution in [0.4, 0.5) is 14.2 Å². The molecule has 1 nitrogen and oxygen atoms in total. The van der Waals surface area contributed by atoms with Gasteiger partial charge in [0.25, 0.3) is 0 Å². The summed E-state index contributed by atoms with van der Waals surface area (Å²) in [5, 5.41) is 0. The van der Waals surface area contributed by atoms with E-state index in [0.717, 1.165) is 0 Å². The van der Waals surface area contributed by atoms with Crippen molar-refractivity contribution in [2.45, 2.75) is 12.8 Å². The molecule has 0 aromatic rings. The number of hydrogen-bond acceptors (Lipinski definition) is 1. The van der Waals surface area contributed by atoms with Crippen molar-refractivity contribution in [2.75, 3.05) is 0 Å². The number of carbonyl (C=O) groups excluding carboxylic acids is 1. The van der Waals surface area contributed by atoms with Crippen molar-refractivity contribution < 1.29 is 19.0 Å². The van der Waals surface area contributed by atoms with Gasteiger partial charge in [0.05, 0.1) is 0 Å². The minimum atomic E-state index is -3.70. The Hall–Kier alpha value is 0.169. The van der Waals surface area contributed by atoms with E-state index < -0.39 is 34.5 Å². The molecule has 0 bridgehead atoms. The van der Waals surface area contributed by atoms with Crippen molar-refractivity contribution in [1.29, 1.82) is 0 Å². The fraction of sp³-hybridized carbons (Fsp3) is 0.400. The molecule has 72 valence electrons. The molecule has 0 aliphatic carbocycles. The minimum absolute atomic E-state index is 0.382. The molecule has 7 heteroatoms. The second kappa shape index (κ2) is 6.66. The molecule has 0 aliphatic rings. The summed E-state index contributed by atoms with van der Waals surface area (Å²) in [7, 11) is 0. The third-order valence-electron chi connectivity index (χ3n) is 0.874. The number of rotatable bonds is 4. The molecule has 0 atom stereocenters. The molecule has 0 amide bonds. The van der Waals surface area contributed by atoms with E-state index in [0.29, 0.717) is 9.84 Å². The van der Waals surface area contributed by atoms with E-state index in [2.05, 4.69) is 0 Å². The van der Waals surface area contributed by atoms with Crippen LogP contribution in [0.15, 0.2) is 0 Å². The van der Waals surface area contributed by atoms with Crippen molar-refractivity contribution in [3.63, 3.8) is 0 Å². The van der Waals surface area contributed by atoms with Gasteiger partial charge in [-0.25, -0.2) is 0 Å². The molecule has 0 aromatic heterocycles. The van der Waals surface area contributed by atoms with Gasteiger partial charge in [-0.05, 0) is 0 Å². The summed E-state index contributed by atoms with van der Waals surface area (Å²) < 4.78 is 46.2. The van der Waals surface area contributed by atoms with Gasteiger partial charge in [0.1, 0.15) is 0 Å². The summed E-state index contributed by atoms with van der Waals surface area (Å²) >= 11 is -7.40. The molecule has 0 spiro atoms. The van der Waals surface area contributed by atoms with Gasteiger partial charge >= 0.3 is 76.2 Å². The van der Waals surface area contributed by atoms with Crippen LogP contribution in [0, 0.1) is 0 Å². The van der Waals surface area contributed by atoms with Crippen LogP contribution >= 0.6 is 0 Å². The number of hydrogen-bond donors (Lipinski definition) is 0. The van der Waals surface area contributed by atoms with Crippen molar-refractivity contribution in [1.82, 2.24) is 0 Å². The molecular formula is C5H6F4OSe2. The Morgan fingerprint density at radius 2 is 1.33 bits per heavy atom. The molecule has 0 unspecified atom stereocenters. The molecule has 0 rings (SSSR count). The molecule has 12 heavy (non-hydrogen) atoms. The van der Waals surface area contributed by atoms with Crippen LogP contribution in [-0.4, -0.2) is 44.4 Å². The van der Waals surface area contributed by atoms with E-state index in [1.54, 1.807) is 0 Å².